The zero-order valence-electron chi connectivity index (χ0n) is 10.9. The normalized spacial score (nSPS) is 16.7. The van der Waals surface area contributed by atoms with E-state index < -0.39 is 10.0 Å². The van der Waals surface area contributed by atoms with E-state index in [4.69, 9.17) is 9.88 Å². The van der Waals surface area contributed by atoms with E-state index in [1.165, 1.54) is 6.07 Å². The van der Waals surface area contributed by atoms with E-state index in [9.17, 15) is 8.42 Å². The van der Waals surface area contributed by atoms with Gasteiger partial charge in [0.05, 0.1) is 11.0 Å². The molecule has 100 valence electrons. The summed E-state index contributed by atoms with van der Waals surface area (Å²) in [5.74, 6) is 0.761. The summed E-state index contributed by atoms with van der Waals surface area (Å²) < 4.78 is 28.6. The van der Waals surface area contributed by atoms with Crippen LogP contribution >= 0.6 is 0 Å². The summed E-state index contributed by atoms with van der Waals surface area (Å²) in [6.07, 6.45) is 2.42. The van der Waals surface area contributed by atoms with Gasteiger partial charge in [-0.1, -0.05) is 20.8 Å². The van der Waals surface area contributed by atoms with Crippen molar-refractivity contribution in [3.63, 3.8) is 0 Å². The summed E-state index contributed by atoms with van der Waals surface area (Å²) in [6.45, 7) is 6.07. The Kier molecular flexibility index (Phi) is 3.15. The molecular formula is C13H19NO3S. The van der Waals surface area contributed by atoms with Gasteiger partial charge in [-0.05, 0) is 36.5 Å². The fourth-order valence-electron chi connectivity index (χ4n) is 1.74. The Morgan fingerprint density at radius 2 is 1.89 bits per heavy atom. The van der Waals surface area contributed by atoms with Gasteiger partial charge in [-0.15, -0.1) is 0 Å². The Labute approximate surface area is 108 Å². The maximum atomic E-state index is 11.4. The number of rotatable bonds is 3. The Hall–Kier alpha value is -1.07. The fourth-order valence-corrected chi connectivity index (χ4v) is 2.28. The van der Waals surface area contributed by atoms with Crippen LogP contribution in [0.4, 0.5) is 0 Å². The number of ether oxygens (including phenoxy) is 1. The molecule has 1 aliphatic rings. The minimum atomic E-state index is -3.67. The molecule has 1 fully saturated rings. The standard InChI is InChI=1S/C13H19NO3S/c1-13(2,3)11-8-10(18(14,15)16)6-7-12(11)17-9-4-5-9/h6-9H,4-5H2,1-3H3,(H2,14,15,16). The highest BCUT2D eigenvalue weighted by atomic mass is 32.2. The smallest absolute Gasteiger partial charge is 0.238 e. The lowest BCUT2D eigenvalue weighted by Gasteiger charge is -2.23. The minimum Gasteiger partial charge on any atom is -0.490 e. The summed E-state index contributed by atoms with van der Waals surface area (Å²) in [5, 5.41) is 5.16. The molecule has 2 N–H and O–H groups in total. The first kappa shape index (κ1) is 13.4. The highest BCUT2D eigenvalue weighted by Crippen LogP contribution is 2.36. The van der Waals surface area contributed by atoms with Crippen LogP contribution in [-0.4, -0.2) is 14.5 Å². The van der Waals surface area contributed by atoms with Crippen LogP contribution in [0.5, 0.6) is 5.75 Å². The van der Waals surface area contributed by atoms with Gasteiger partial charge < -0.3 is 4.74 Å². The van der Waals surface area contributed by atoms with Crippen LogP contribution in [0.2, 0.25) is 0 Å². The lowest BCUT2D eigenvalue weighted by molar-refractivity contribution is 0.294. The highest BCUT2D eigenvalue weighted by Gasteiger charge is 2.28. The lowest BCUT2D eigenvalue weighted by Crippen LogP contribution is -2.17. The van der Waals surface area contributed by atoms with Gasteiger partial charge in [0.1, 0.15) is 5.75 Å². The Morgan fingerprint density at radius 1 is 1.28 bits per heavy atom. The van der Waals surface area contributed by atoms with Gasteiger partial charge in [-0.25, -0.2) is 13.6 Å². The van der Waals surface area contributed by atoms with Crippen molar-refractivity contribution in [2.75, 3.05) is 0 Å². The molecule has 1 saturated carbocycles. The molecule has 0 spiro atoms. The molecule has 5 heteroatoms. The molecule has 2 rings (SSSR count). The average Bonchev–Trinajstić information content (AvgIpc) is 2.98. The van der Waals surface area contributed by atoms with Crippen LogP contribution in [-0.2, 0) is 15.4 Å². The van der Waals surface area contributed by atoms with Gasteiger partial charge in [0.2, 0.25) is 10.0 Å². The van der Waals surface area contributed by atoms with Crippen LogP contribution < -0.4 is 9.88 Å². The Morgan fingerprint density at radius 3 is 2.33 bits per heavy atom. The third-order valence-electron chi connectivity index (χ3n) is 2.91. The van der Waals surface area contributed by atoms with Crippen molar-refractivity contribution in [2.45, 2.75) is 50.0 Å². The second-order valence-electron chi connectivity index (χ2n) is 5.77. The zero-order chi connectivity index (χ0) is 13.6. The molecule has 0 aliphatic heterocycles. The van der Waals surface area contributed by atoms with E-state index in [-0.39, 0.29) is 16.4 Å². The molecule has 0 bridgehead atoms. The van der Waals surface area contributed by atoms with Crippen LogP contribution in [0.1, 0.15) is 39.2 Å². The van der Waals surface area contributed by atoms with Crippen LogP contribution in [0.25, 0.3) is 0 Å². The molecule has 18 heavy (non-hydrogen) atoms. The summed E-state index contributed by atoms with van der Waals surface area (Å²) in [4.78, 5) is 0.135. The van der Waals surface area contributed by atoms with Gasteiger partial charge in [0.25, 0.3) is 0 Å². The highest BCUT2D eigenvalue weighted by molar-refractivity contribution is 7.89. The number of hydrogen-bond donors (Lipinski definition) is 1. The van der Waals surface area contributed by atoms with E-state index in [0.29, 0.717) is 0 Å². The van der Waals surface area contributed by atoms with Crippen molar-refractivity contribution in [3.8, 4) is 5.75 Å². The van der Waals surface area contributed by atoms with Gasteiger partial charge in [-0.2, -0.15) is 0 Å². The molecule has 0 heterocycles. The van der Waals surface area contributed by atoms with Crippen molar-refractivity contribution in [3.05, 3.63) is 23.8 Å². The first-order chi connectivity index (χ1) is 8.18. The monoisotopic (exact) mass is 269 g/mol. The van der Waals surface area contributed by atoms with Crippen molar-refractivity contribution in [1.82, 2.24) is 0 Å². The fraction of sp³-hybridized carbons (Fsp3) is 0.538. The maximum Gasteiger partial charge on any atom is 0.238 e. The molecule has 1 aromatic carbocycles. The largest absolute Gasteiger partial charge is 0.490 e. The molecule has 0 amide bonds. The van der Waals surface area contributed by atoms with Crippen LogP contribution in [0.3, 0.4) is 0 Å². The predicted octanol–water partition coefficient (Wildman–Crippen LogP) is 2.17. The summed E-state index contributed by atoms with van der Waals surface area (Å²) in [6, 6.07) is 4.83. The number of benzene rings is 1. The van der Waals surface area contributed by atoms with E-state index >= 15 is 0 Å². The quantitative estimate of drug-likeness (QED) is 0.914. The van der Waals surface area contributed by atoms with Crippen molar-refractivity contribution in [2.24, 2.45) is 5.14 Å². The number of sulfonamides is 1. The van der Waals surface area contributed by atoms with Crippen molar-refractivity contribution < 1.29 is 13.2 Å². The van der Waals surface area contributed by atoms with Crippen LogP contribution in [0.15, 0.2) is 23.1 Å². The third-order valence-corrected chi connectivity index (χ3v) is 3.82. The molecule has 0 saturated heterocycles. The maximum absolute atomic E-state index is 11.4. The van der Waals surface area contributed by atoms with E-state index in [0.717, 1.165) is 24.2 Å². The second-order valence-corrected chi connectivity index (χ2v) is 7.33. The molecule has 4 nitrogen and oxygen atoms in total. The summed E-state index contributed by atoms with van der Waals surface area (Å²) >= 11 is 0. The average molecular weight is 269 g/mol. The molecule has 0 atom stereocenters. The molecule has 1 aromatic rings. The predicted molar refractivity (Wildman–Crippen MR) is 70.2 cm³/mol. The second kappa shape index (κ2) is 4.24. The molecule has 0 radical (unpaired) electrons. The third kappa shape index (κ3) is 3.03. The SMILES string of the molecule is CC(C)(C)c1cc(S(N)(=O)=O)ccc1OC1CC1. The van der Waals surface area contributed by atoms with E-state index in [1.54, 1.807) is 12.1 Å². The number of hydrogen-bond acceptors (Lipinski definition) is 3. The Bertz CT molecular complexity index is 554. The Balaban J connectivity index is 2.47. The molecule has 0 unspecified atom stereocenters. The zero-order valence-corrected chi connectivity index (χ0v) is 11.8. The molecule has 0 aromatic heterocycles. The first-order valence-electron chi connectivity index (χ1n) is 6.02. The first-order valence-corrected chi connectivity index (χ1v) is 7.56. The summed E-state index contributed by atoms with van der Waals surface area (Å²) in [5.41, 5.74) is 0.686. The topological polar surface area (TPSA) is 69.4 Å². The lowest BCUT2D eigenvalue weighted by atomic mass is 9.86. The van der Waals surface area contributed by atoms with E-state index in [1.807, 2.05) is 20.8 Å². The number of primary sulfonamides is 1. The van der Waals surface area contributed by atoms with Crippen molar-refractivity contribution in [1.29, 1.82) is 0 Å². The number of nitrogens with two attached hydrogens (primary N) is 1. The van der Waals surface area contributed by atoms with Gasteiger partial charge in [0.15, 0.2) is 0 Å². The van der Waals surface area contributed by atoms with Crippen molar-refractivity contribution >= 4 is 10.0 Å². The minimum absolute atomic E-state index is 0.135. The van der Waals surface area contributed by atoms with E-state index in [2.05, 4.69) is 0 Å². The summed E-state index contributed by atoms with van der Waals surface area (Å²) in [7, 11) is -3.67. The van der Waals surface area contributed by atoms with Gasteiger partial charge in [-0.3, -0.25) is 0 Å². The molecule has 1 aliphatic carbocycles. The molecular weight excluding hydrogens is 250 g/mol. The van der Waals surface area contributed by atoms with Crippen LogP contribution in [0, 0.1) is 0 Å². The van der Waals surface area contributed by atoms with Gasteiger partial charge in [0, 0.05) is 5.56 Å². The van der Waals surface area contributed by atoms with Gasteiger partial charge >= 0.3 is 0 Å².